The molecule has 2 atom stereocenters. The molecule has 0 spiro atoms. The van der Waals surface area contributed by atoms with Crippen molar-refractivity contribution in [1.29, 1.82) is 0 Å². The molecule has 1 aliphatic rings. The Balaban J connectivity index is 1.71. The fraction of sp³-hybridized carbons (Fsp3) is 0.353. The SMILES string of the molecule is Cc1oc(CNC(=O)C2CC(=O)N(C)C2c2cccs2)cc1C(=O)O. The van der Waals surface area contributed by atoms with Crippen LogP contribution in [-0.2, 0) is 16.1 Å². The molecule has 3 rings (SSSR count). The maximum Gasteiger partial charge on any atom is 0.339 e. The molecule has 3 heterocycles. The summed E-state index contributed by atoms with van der Waals surface area (Å²) in [5, 5.41) is 13.7. The summed E-state index contributed by atoms with van der Waals surface area (Å²) in [5.41, 5.74) is 0.0801. The van der Waals surface area contributed by atoms with Crippen LogP contribution < -0.4 is 5.32 Å². The van der Waals surface area contributed by atoms with Crippen LogP contribution in [0.4, 0.5) is 0 Å². The van der Waals surface area contributed by atoms with Gasteiger partial charge in [-0.15, -0.1) is 11.3 Å². The molecule has 0 saturated carbocycles. The number of carboxylic acids is 1. The lowest BCUT2D eigenvalue weighted by molar-refractivity contribution is -0.128. The van der Waals surface area contributed by atoms with Crippen LogP contribution >= 0.6 is 11.3 Å². The molecule has 2 N–H and O–H groups in total. The zero-order valence-corrected chi connectivity index (χ0v) is 14.6. The Morgan fingerprint density at radius 2 is 2.24 bits per heavy atom. The zero-order valence-electron chi connectivity index (χ0n) is 13.8. The quantitative estimate of drug-likeness (QED) is 0.849. The van der Waals surface area contributed by atoms with Gasteiger partial charge in [-0.2, -0.15) is 0 Å². The van der Waals surface area contributed by atoms with E-state index in [1.54, 1.807) is 18.9 Å². The van der Waals surface area contributed by atoms with Crippen molar-refractivity contribution in [1.82, 2.24) is 10.2 Å². The van der Waals surface area contributed by atoms with Gasteiger partial charge in [0.1, 0.15) is 17.1 Å². The highest BCUT2D eigenvalue weighted by atomic mass is 32.1. The fourth-order valence-electron chi connectivity index (χ4n) is 3.10. The van der Waals surface area contributed by atoms with Crippen LogP contribution in [0, 0.1) is 12.8 Å². The van der Waals surface area contributed by atoms with Crippen molar-refractivity contribution in [2.24, 2.45) is 5.92 Å². The maximum absolute atomic E-state index is 12.6. The highest BCUT2D eigenvalue weighted by Crippen LogP contribution is 2.39. The summed E-state index contributed by atoms with van der Waals surface area (Å²) in [4.78, 5) is 38.3. The van der Waals surface area contributed by atoms with Gasteiger partial charge in [0.25, 0.3) is 0 Å². The summed E-state index contributed by atoms with van der Waals surface area (Å²) < 4.78 is 5.36. The number of nitrogens with zero attached hydrogens (tertiary/aromatic N) is 1. The number of thiophene rings is 1. The summed E-state index contributed by atoms with van der Waals surface area (Å²) in [5.74, 6) is -1.20. The van der Waals surface area contributed by atoms with E-state index in [4.69, 9.17) is 9.52 Å². The van der Waals surface area contributed by atoms with E-state index < -0.39 is 11.9 Å². The second-order valence-corrected chi connectivity index (χ2v) is 6.96. The third-order valence-corrected chi connectivity index (χ3v) is 5.34. The Labute approximate surface area is 148 Å². The van der Waals surface area contributed by atoms with Gasteiger partial charge in [0.15, 0.2) is 0 Å². The van der Waals surface area contributed by atoms with Gasteiger partial charge < -0.3 is 19.7 Å². The normalized spacial score (nSPS) is 20.1. The smallest absolute Gasteiger partial charge is 0.339 e. The Bertz CT molecular complexity index is 811. The van der Waals surface area contributed by atoms with Crippen LogP contribution in [0.15, 0.2) is 28.0 Å². The number of carbonyl (C=O) groups excluding carboxylic acids is 2. The largest absolute Gasteiger partial charge is 0.478 e. The Morgan fingerprint density at radius 1 is 1.48 bits per heavy atom. The van der Waals surface area contributed by atoms with E-state index >= 15 is 0 Å². The number of hydrogen-bond donors (Lipinski definition) is 2. The van der Waals surface area contributed by atoms with Gasteiger partial charge in [-0.25, -0.2) is 4.79 Å². The van der Waals surface area contributed by atoms with Gasteiger partial charge in [-0.3, -0.25) is 9.59 Å². The molecule has 2 aromatic heterocycles. The minimum atomic E-state index is -1.07. The van der Waals surface area contributed by atoms with E-state index in [2.05, 4.69) is 5.32 Å². The Kier molecular flexibility index (Phi) is 4.63. The van der Waals surface area contributed by atoms with E-state index in [1.807, 2.05) is 17.5 Å². The van der Waals surface area contributed by atoms with Crippen molar-refractivity contribution in [3.63, 3.8) is 0 Å². The molecule has 1 saturated heterocycles. The van der Waals surface area contributed by atoms with Gasteiger partial charge in [0, 0.05) is 18.3 Å². The zero-order chi connectivity index (χ0) is 18.1. The molecule has 132 valence electrons. The van der Waals surface area contributed by atoms with Gasteiger partial charge in [-0.05, 0) is 24.4 Å². The summed E-state index contributed by atoms with van der Waals surface area (Å²) >= 11 is 1.51. The summed E-state index contributed by atoms with van der Waals surface area (Å²) in [6.45, 7) is 1.64. The number of rotatable bonds is 5. The summed E-state index contributed by atoms with van der Waals surface area (Å²) in [6, 6.07) is 4.94. The molecule has 2 aromatic rings. The molecule has 0 radical (unpaired) electrons. The number of furan rings is 1. The van der Waals surface area contributed by atoms with Gasteiger partial charge >= 0.3 is 5.97 Å². The van der Waals surface area contributed by atoms with Crippen LogP contribution in [0.2, 0.25) is 0 Å². The summed E-state index contributed by atoms with van der Waals surface area (Å²) in [6.07, 6.45) is 0.155. The number of amides is 2. The van der Waals surface area contributed by atoms with E-state index in [9.17, 15) is 14.4 Å². The van der Waals surface area contributed by atoms with Crippen molar-refractivity contribution in [3.8, 4) is 0 Å². The first-order valence-electron chi connectivity index (χ1n) is 7.78. The van der Waals surface area contributed by atoms with Crippen molar-refractivity contribution < 1.29 is 23.9 Å². The third kappa shape index (κ3) is 3.30. The maximum atomic E-state index is 12.6. The van der Waals surface area contributed by atoms with Crippen molar-refractivity contribution in [2.75, 3.05) is 7.05 Å². The Hall–Kier alpha value is -2.61. The minimum Gasteiger partial charge on any atom is -0.478 e. The molecule has 25 heavy (non-hydrogen) atoms. The fourth-order valence-corrected chi connectivity index (χ4v) is 4.04. The number of nitrogens with one attached hydrogen (secondary N) is 1. The first-order chi connectivity index (χ1) is 11.9. The van der Waals surface area contributed by atoms with Crippen LogP contribution in [-0.4, -0.2) is 34.8 Å². The average molecular weight is 362 g/mol. The predicted molar refractivity (Wildman–Crippen MR) is 90.2 cm³/mol. The number of aromatic carboxylic acids is 1. The molecule has 0 aliphatic carbocycles. The lowest BCUT2D eigenvalue weighted by Gasteiger charge is -2.23. The highest BCUT2D eigenvalue weighted by Gasteiger charge is 2.43. The second-order valence-electron chi connectivity index (χ2n) is 5.98. The van der Waals surface area contributed by atoms with Crippen LogP contribution in [0.1, 0.15) is 39.2 Å². The lowest BCUT2D eigenvalue weighted by atomic mass is 9.98. The molecule has 0 bridgehead atoms. The predicted octanol–water partition coefficient (Wildman–Crippen LogP) is 2.18. The van der Waals surface area contributed by atoms with E-state index in [1.165, 1.54) is 17.4 Å². The molecular formula is C17H18N2O5S. The first kappa shape index (κ1) is 17.2. The third-order valence-electron chi connectivity index (χ3n) is 4.39. The van der Waals surface area contributed by atoms with E-state index in [0.29, 0.717) is 11.5 Å². The van der Waals surface area contributed by atoms with Crippen molar-refractivity contribution >= 4 is 29.1 Å². The molecule has 1 fully saturated rings. The van der Waals surface area contributed by atoms with Gasteiger partial charge in [-0.1, -0.05) is 6.07 Å². The average Bonchev–Trinajstić information content (AvgIpc) is 3.26. The number of likely N-dealkylation sites (tertiary alicyclic amines) is 1. The molecule has 7 nitrogen and oxygen atoms in total. The first-order valence-corrected chi connectivity index (χ1v) is 8.66. The number of carbonyl (C=O) groups is 3. The number of carboxylic acid groups (broad SMARTS) is 1. The van der Waals surface area contributed by atoms with Crippen LogP contribution in [0.5, 0.6) is 0 Å². The van der Waals surface area contributed by atoms with E-state index in [0.717, 1.165) is 4.88 Å². The second kappa shape index (κ2) is 6.72. The number of hydrogen-bond acceptors (Lipinski definition) is 5. The lowest BCUT2D eigenvalue weighted by Crippen LogP contribution is -2.33. The molecular weight excluding hydrogens is 344 g/mol. The van der Waals surface area contributed by atoms with Crippen LogP contribution in [0.3, 0.4) is 0 Å². The molecule has 0 aromatic carbocycles. The summed E-state index contributed by atoms with van der Waals surface area (Å²) in [7, 11) is 1.70. The topological polar surface area (TPSA) is 99.9 Å². The Morgan fingerprint density at radius 3 is 2.84 bits per heavy atom. The molecule has 2 unspecified atom stereocenters. The van der Waals surface area contributed by atoms with Crippen molar-refractivity contribution in [3.05, 3.63) is 45.5 Å². The molecule has 2 amide bonds. The van der Waals surface area contributed by atoms with E-state index in [-0.39, 0.29) is 36.4 Å². The van der Waals surface area contributed by atoms with Gasteiger partial charge in [0.2, 0.25) is 11.8 Å². The minimum absolute atomic E-state index is 0.0689. The monoisotopic (exact) mass is 362 g/mol. The van der Waals surface area contributed by atoms with Crippen molar-refractivity contribution in [2.45, 2.75) is 25.9 Å². The standard InChI is InChI=1S/C17H18N2O5S/c1-9-11(17(22)23)6-10(24-9)8-18-16(21)12-7-14(20)19(2)15(12)13-4-3-5-25-13/h3-6,12,15H,7-8H2,1-2H3,(H,18,21)(H,22,23). The highest BCUT2D eigenvalue weighted by molar-refractivity contribution is 7.10. The molecule has 8 heteroatoms. The number of aryl methyl sites for hydroxylation is 1. The van der Waals surface area contributed by atoms with Gasteiger partial charge in [0.05, 0.1) is 18.5 Å². The van der Waals surface area contributed by atoms with Crippen LogP contribution in [0.25, 0.3) is 0 Å². The molecule has 1 aliphatic heterocycles.